The highest BCUT2D eigenvalue weighted by Gasteiger charge is 2.58. The minimum absolute atomic E-state index is 0.0909. The summed E-state index contributed by atoms with van der Waals surface area (Å²) >= 11 is 0. The Morgan fingerprint density at radius 3 is 2.20 bits per heavy atom. The Morgan fingerprint density at radius 2 is 1.52 bits per heavy atom. The second-order valence-electron chi connectivity index (χ2n) is 13.6. The fourth-order valence-corrected chi connectivity index (χ4v) is 7.42. The minimum atomic E-state index is -4.47. The van der Waals surface area contributed by atoms with Crippen LogP contribution in [0.5, 0.6) is 0 Å². The number of carbonyl (C=O) groups excluding carboxylic acids is 3. The van der Waals surface area contributed by atoms with Crippen LogP contribution in [0, 0.1) is 0 Å². The maximum Gasteiger partial charge on any atom is 0.416 e. The molecule has 3 aliphatic heterocycles. The van der Waals surface area contributed by atoms with Gasteiger partial charge in [-0.3, -0.25) is 14.5 Å². The van der Waals surface area contributed by atoms with Gasteiger partial charge in [0.25, 0.3) is 0 Å². The van der Waals surface area contributed by atoms with Crippen molar-refractivity contribution in [3.8, 4) is 0 Å². The van der Waals surface area contributed by atoms with E-state index in [-0.39, 0.29) is 44.5 Å². The van der Waals surface area contributed by atoms with Crippen molar-refractivity contribution in [3.05, 3.63) is 144 Å². The molecular formula is C42H41F3N4O5. The average molecular weight is 739 g/mol. The summed E-state index contributed by atoms with van der Waals surface area (Å²) in [6.45, 7) is 1.73. The van der Waals surface area contributed by atoms with Gasteiger partial charge in [-0.2, -0.15) is 13.2 Å². The van der Waals surface area contributed by atoms with Crippen molar-refractivity contribution in [1.82, 2.24) is 14.7 Å². The van der Waals surface area contributed by atoms with Gasteiger partial charge >= 0.3 is 12.3 Å². The molecule has 0 radical (unpaired) electrons. The van der Waals surface area contributed by atoms with Crippen molar-refractivity contribution < 1.29 is 37.0 Å². The quantitative estimate of drug-likeness (QED) is 0.117. The molecule has 0 bridgehead atoms. The summed E-state index contributed by atoms with van der Waals surface area (Å²) in [5.41, 5.74) is 2.39. The van der Waals surface area contributed by atoms with Crippen molar-refractivity contribution in [2.24, 2.45) is 0 Å². The molecule has 0 aliphatic carbocycles. The predicted octanol–water partition coefficient (Wildman–Crippen LogP) is 6.82. The van der Waals surface area contributed by atoms with Crippen LogP contribution in [0.1, 0.15) is 34.7 Å². The number of anilines is 1. The molecule has 280 valence electrons. The molecule has 9 nitrogen and oxygen atoms in total. The maximum atomic E-state index is 14.5. The number of benzene rings is 4. The predicted molar refractivity (Wildman–Crippen MR) is 197 cm³/mol. The number of cyclic esters (lactones) is 1. The molecule has 12 heteroatoms. The molecule has 0 saturated carbocycles. The summed E-state index contributed by atoms with van der Waals surface area (Å²) in [5, 5.41) is 0. The molecule has 54 heavy (non-hydrogen) atoms. The summed E-state index contributed by atoms with van der Waals surface area (Å²) in [7, 11) is 0. The lowest BCUT2D eigenvalue weighted by Gasteiger charge is -2.53. The van der Waals surface area contributed by atoms with Crippen LogP contribution in [-0.4, -0.2) is 90.1 Å². The molecule has 0 N–H and O–H groups in total. The highest BCUT2D eigenvalue weighted by atomic mass is 19.4. The van der Waals surface area contributed by atoms with Crippen molar-refractivity contribution in [1.29, 1.82) is 0 Å². The van der Waals surface area contributed by atoms with Crippen LogP contribution in [0.15, 0.2) is 121 Å². The van der Waals surface area contributed by atoms with Gasteiger partial charge in [-0.15, -0.1) is 0 Å². The summed E-state index contributed by atoms with van der Waals surface area (Å²) in [6.07, 6.45) is -1.12. The van der Waals surface area contributed by atoms with E-state index in [0.717, 1.165) is 28.8 Å². The molecule has 4 aromatic rings. The Labute approximate surface area is 312 Å². The molecule has 3 saturated heterocycles. The third kappa shape index (κ3) is 7.98. The zero-order chi connectivity index (χ0) is 37.7. The van der Waals surface area contributed by atoms with Crippen LogP contribution in [0.4, 0.5) is 23.7 Å². The van der Waals surface area contributed by atoms with E-state index in [1.54, 1.807) is 15.9 Å². The molecule has 3 aliphatic rings. The van der Waals surface area contributed by atoms with E-state index in [9.17, 15) is 27.6 Å². The normalized spacial score (nSPS) is 21.0. The first-order valence-electron chi connectivity index (χ1n) is 18.1. The highest BCUT2D eigenvalue weighted by molar-refractivity contribution is 5.98. The summed E-state index contributed by atoms with van der Waals surface area (Å²) in [5.74, 6) is -0.656. The zero-order valence-corrected chi connectivity index (χ0v) is 29.6. The van der Waals surface area contributed by atoms with Gasteiger partial charge in [-0.05, 0) is 34.9 Å². The molecular weight excluding hydrogens is 697 g/mol. The van der Waals surface area contributed by atoms with Gasteiger partial charge in [0.1, 0.15) is 18.7 Å². The molecule has 0 spiro atoms. The monoisotopic (exact) mass is 738 g/mol. The van der Waals surface area contributed by atoms with Gasteiger partial charge in [0, 0.05) is 44.9 Å². The number of hydrogen-bond acceptors (Lipinski definition) is 6. The van der Waals surface area contributed by atoms with Gasteiger partial charge in [0.15, 0.2) is 0 Å². The first-order chi connectivity index (χ1) is 26.2. The number of hydrogen-bond donors (Lipinski definition) is 0. The topological polar surface area (TPSA) is 82.6 Å². The molecule has 7 rings (SSSR count). The number of alkyl halides is 3. The van der Waals surface area contributed by atoms with Crippen LogP contribution < -0.4 is 4.90 Å². The van der Waals surface area contributed by atoms with Crippen molar-refractivity contribution >= 4 is 29.7 Å². The maximum absolute atomic E-state index is 14.5. The standard InChI is InChI=1S/C42H41F3N4O5/c43-42(44,45)33-17-10-18-34(27-33)46-22-24-47(25-23-46)39(50)36(21-26-53-28-31-13-6-2-7-14-31)48-35(20-19-30-11-4-1-5-12-30)38(40(48)51)49-37(29-54-41(49)52)32-15-8-3-9-16-32/h1-20,27,35-38H,21-26,28-29H2/b20-19+/t35-,36-,37-,38+/m1/s1. The molecule has 4 aromatic carbocycles. The van der Waals surface area contributed by atoms with Crippen molar-refractivity contribution in [2.75, 3.05) is 44.3 Å². The molecule has 0 aromatic heterocycles. The fraction of sp³-hybridized carbons (Fsp3) is 0.310. The molecule has 3 amide bonds. The second-order valence-corrected chi connectivity index (χ2v) is 13.6. The third-order valence-electron chi connectivity index (χ3n) is 10.2. The lowest BCUT2D eigenvalue weighted by molar-refractivity contribution is -0.166. The molecule has 0 unspecified atom stereocenters. The number of nitrogens with zero attached hydrogens (tertiary/aromatic N) is 4. The highest BCUT2D eigenvalue weighted by Crippen LogP contribution is 2.39. The number of amides is 3. The van der Waals surface area contributed by atoms with Gasteiger partial charge in [0.2, 0.25) is 11.8 Å². The van der Waals surface area contributed by atoms with Gasteiger partial charge in [-0.1, -0.05) is 109 Å². The van der Waals surface area contributed by atoms with Crippen molar-refractivity contribution in [3.63, 3.8) is 0 Å². The van der Waals surface area contributed by atoms with Crippen LogP contribution >= 0.6 is 0 Å². The lowest BCUT2D eigenvalue weighted by atomic mass is 9.87. The number of piperazine rings is 1. The lowest BCUT2D eigenvalue weighted by Crippen LogP contribution is -2.74. The third-order valence-corrected chi connectivity index (χ3v) is 10.2. The van der Waals surface area contributed by atoms with E-state index in [2.05, 4.69) is 0 Å². The van der Waals surface area contributed by atoms with Crippen LogP contribution in [0.25, 0.3) is 6.08 Å². The van der Waals surface area contributed by atoms with Crippen LogP contribution in [0.2, 0.25) is 0 Å². The van der Waals surface area contributed by atoms with E-state index < -0.39 is 42.0 Å². The van der Waals surface area contributed by atoms with Gasteiger partial charge in [0.05, 0.1) is 24.3 Å². The SMILES string of the molecule is O=C([C@@H](CCOCc1ccccc1)N1C(=O)[C@@H](N2C(=O)OC[C@@H]2c2ccccc2)[C@H]1/C=C/c1ccccc1)N1CCN(c2cccc(C(F)(F)F)c2)CC1. The Bertz CT molecular complexity index is 1940. The minimum Gasteiger partial charge on any atom is -0.447 e. The first-order valence-corrected chi connectivity index (χ1v) is 18.1. The largest absolute Gasteiger partial charge is 0.447 e. The summed E-state index contributed by atoms with van der Waals surface area (Å²) < 4.78 is 51.9. The first kappa shape index (κ1) is 36.7. The number of β-lactam (4-membered cyclic amide) rings is 1. The number of ether oxygens (including phenoxy) is 2. The molecule has 4 atom stereocenters. The average Bonchev–Trinajstić information content (AvgIpc) is 3.57. The Morgan fingerprint density at radius 1 is 0.852 bits per heavy atom. The van der Waals surface area contributed by atoms with E-state index in [1.807, 2.05) is 108 Å². The van der Waals surface area contributed by atoms with E-state index in [4.69, 9.17) is 9.47 Å². The Kier molecular flexibility index (Phi) is 11.0. The van der Waals surface area contributed by atoms with Gasteiger partial charge < -0.3 is 24.2 Å². The Balaban J connectivity index is 1.15. The summed E-state index contributed by atoms with van der Waals surface area (Å²) in [4.78, 5) is 48.9. The summed E-state index contributed by atoms with van der Waals surface area (Å²) in [6, 6.07) is 30.8. The van der Waals surface area contributed by atoms with Gasteiger partial charge in [-0.25, -0.2) is 4.79 Å². The Hall–Kier alpha value is -5.62. The van der Waals surface area contributed by atoms with E-state index in [0.29, 0.717) is 25.4 Å². The molecule has 3 fully saturated rings. The molecule has 3 heterocycles. The number of likely N-dealkylation sites (tertiary alicyclic amines) is 1. The van der Waals surface area contributed by atoms with Crippen molar-refractivity contribution in [2.45, 2.75) is 43.4 Å². The van der Waals surface area contributed by atoms with Crippen LogP contribution in [-0.2, 0) is 31.8 Å². The number of halogens is 3. The zero-order valence-electron chi connectivity index (χ0n) is 29.6. The number of carbonyl (C=O) groups is 3. The van der Waals surface area contributed by atoms with Crippen LogP contribution in [0.3, 0.4) is 0 Å². The van der Waals surface area contributed by atoms with E-state index >= 15 is 0 Å². The number of rotatable bonds is 12. The van der Waals surface area contributed by atoms with E-state index in [1.165, 1.54) is 11.0 Å². The second kappa shape index (κ2) is 16.2. The fourth-order valence-electron chi connectivity index (χ4n) is 7.42. The smallest absolute Gasteiger partial charge is 0.416 e.